The maximum atomic E-state index is 13.2. The first-order valence-corrected chi connectivity index (χ1v) is 10.3. The van der Waals surface area contributed by atoms with E-state index in [2.05, 4.69) is 10.2 Å². The van der Waals surface area contributed by atoms with Crippen molar-refractivity contribution in [1.82, 2.24) is 20.0 Å². The first kappa shape index (κ1) is 19.3. The van der Waals surface area contributed by atoms with Gasteiger partial charge in [-0.25, -0.2) is 4.39 Å². The average Bonchev–Trinajstić information content (AvgIpc) is 3.45. The van der Waals surface area contributed by atoms with Crippen LogP contribution in [-0.4, -0.2) is 77.4 Å². The molecule has 6 nitrogen and oxygen atoms in total. The van der Waals surface area contributed by atoms with E-state index in [1.807, 2.05) is 17.0 Å². The lowest BCUT2D eigenvalue weighted by atomic mass is 10.1. The minimum atomic E-state index is -0.366. The maximum Gasteiger partial charge on any atom is 0.245 e. The highest BCUT2D eigenvalue weighted by Gasteiger charge is 2.45. The molecular weight excluding hydrogens is 359 g/mol. The summed E-state index contributed by atoms with van der Waals surface area (Å²) in [5, 5.41) is 3.27. The van der Waals surface area contributed by atoms with Crippen LogP contribution >= 0.6 is 0 Å². The SMILES string of the molecule is CC(=O)N1CC(N(Cc2ccc(F)cc2)C2CC2)CC1C(=O)N1CCNCC1. The van der Waals surface area contributed by atoms with E-state index in [0.29, 0.717) is 32.1 Å². The number of nitrogens with one attached hydrogen (secondary N) is 1. The van der Waals surface area contributed by atoms with E-state index in [-0.39, 0.29) is 29.7 Å². The van der Waals surface area contributed by atoms with Gasteiger partial charge in [0, 0.05) is 58.3 Å². The van der Waals surface area contributed by atoms with Crippen LogP contribution in [0.25, 0.3) is 0 Å². The fraction of sp³-hybridized carbons (Fsp3) is 0.619. The van der Waals surface area contributed by atoms with Gasteiger partial charge in [-0.2, -0.15) is 0 Å². The molecule has 2 saturated heterocycles. The Morgan fingerprint density at radius 3 is 2.43 bits per heavy atom. The van der Waals surface area contributed by atoms with E-state index >= 15 is 0 Å². The van der Waals surface area contributed by atoms with Gasteiger partial charge in [0.15, 0.2) is 0 Å². The van der Waals surface area contributed by atoms with Gasteiger partial charge in [-0.05, 0) is 37.0 Å². The van der Waals surface area contributed by atoms with Crippen molar-refractivity contribution in [3.05, 3.63) is 35.6 Å². The first-order chi connectivity index (χ1) is 13.5. The van der Waals surface area contributed by atoms with E-state index in [1.165, 1.54) is 12.1 Å². The van der Waals surface area contributed by atoms with Crippen LogP contribution in [0.15, 0.2) is 24.3 Å². The summed E-state index contributed by atoms with van der Waals surface area (Å²) in [5.41, 5.74) is 1.07. The van der Waals surface area contributed by atoms with Gasteiger partial charge in [0.05, 0.1) is 0 Å². The Hall–Kier alpha value is -1.99. The van der Waals surface area contributed by atoms with Gasteiger partial charge in [-0.3, -0.25) is 14.5 Å². The molecule has 2 amide bonds. The molecule has 1 aromatic rings. The van der Waals surface area contributed by atoms with Gasteiger partial charge in [-0.1, -0.05) is 12.1 Å². The van der Waals surface area contributed by atoms with Crippen LogP contribution in [-0.2, 0) is 16.1 Å². The third-order valence-corrected chi connectivity index (χ3v) is 6.16. The molecule has 2 aliphatic heterocycles. The Morgan fingerprint density at radius 1 is 1.14 bits per heavy atom. The molecule has 0 spiro atoms. The van der Waals surface area contributed by atoms with Crippen molar-refractivity contribution in [3.8, 4) is 0 Å². The molecule has 1 N–H and O–H groups in total. The van der Waals surface area contributed by atoms with E-state index < -0.39 is 0 Å². The zero-order chi connectivity index (χ0) is 19.7. The van der Waals surface area contributed by atoms with Crippen LogP contribution in [0, 0.1) is 5.82 Å². The first-order valence-electron chi connectivity index (χ1n) is 10.3. The Balaban J connectivity index is 1.49. The molecule has 7 heteroatoms. The molecule has 1 aliphatic carbocycles. The van der Waals surface area contributed by atoms with Gasteiger partial charge >= 0.3 is 0 Å². The molecule has 4 rings (SSSR count). The summed E-state index contributed by atoms with van der Waals surface area (Å²) in [6, 6.07) is 6.93. The second-order valence-corrected chi connectivity index (χ2v) is 8.18. The number of hydrogen-bond donors (Lipinski definition) is 1. The molecule has 1 aromatic carbocycles. The van der Waals surface area contributed by atoms with Crippen LogP contribution in [0.5, 0.6) is 0 Å². The predicted molar refractivity (Wildman–Crippen MR) is 104 cm³/mol. The largest absolute Gasteiger partial charge is 0.338 e. The van der Waals surface area contributed by atoms with E-state index in [4.69, 9.17) is 0 Å². The topological polar surface area (TPSA) is 55.9 Å². The second kappa shape index (κ2) is 8.17. The maximum absolute atomic E-state index is 13.2. The molecule has 152 valence electrons. The summed E-state index contributed by atoms with van der Waals surface area (Å²) in [6.07, 6.45) is 2.97. The molecule has 1 saturated carbocycles. The molecule has 3 aliphatic rings. The summed E-state index contributed by atoms with van der Waals surface area (Å²) < 4.78 is 13.2. The quantitative estimate of drug-likeness (QED) is 0.824. The number of nitrogens with zero attached hydrogens (tertiary/aromatic N) is 3. The lowest BCUT2D eigenvalue weighted by Gasteiger charge is -2.32. The normalized spacial score (nSPS) is 25.4. The molecule has 0 bridgehead atoms. The Morgan fingerprint density at radius 2 is 1.82 bits per heavy atom. The molecule has 0 aromatic heterocycles. The second-order valence-electron chi connectivity index (χ2n) is 8.18. The number of benzene rings is 1. The van der Waals surface area contributed by atoms with Crippen molar-refractivity contribution in [2.45, 2.75) is 50.9 Å². The number of rotatable bonds is 5. The van der Waals surface area contributed by atoms with Gasteiger partial charge < -0.3 is 15.1 Å². The molecule has 2 unspecified atom stereocenters. The summed E-state index contributed by atoms with van der Waals surface area (Å²) >= 11 is 0. The summed E-state index contributed by atoms with van der Waals surface area (Å²) in [7, 11) is 0. The Kier molecular flexibility index (Phi) is 5.64. The third kappa shape index (κ3) is 4.20. The summed E-state index contributed by atoms with van der Waals surface area (Å²) in [5.74, 6) is -0.183. The number of piperazine rings is 1. The van der Waals surface area contributed by atoms with E-state index in [1.54, 1.807) is 11.8 Å². The Bertz CT molecular complexity index is 716. The highest BCUT2D eigenvalue weighted by molar-refractivity contribution is 5.87. The summed E-state index contributed by atoms with van der Waals surface area (Å²) in [4.78, 5) is 31.5. The fourth-order valence-corrected chi connectivity index (χ4v) is 4.50. The van der Waals surface area contributed by atoms with Crippen molar-refractivity contribution >= 4 is 11.8 Å². The van der Waals surface area contributed by atoms with Gasteiger partial charge in [0.2, 0.25) is 11.8 Å². The number of carbonyl (C=O) groups is 2. The minimum Gasteiger partial charge on any atom is -0.338 e. The van der Waals surface area contributed by atoms with Gasteiger partial charge in [0.25, 0.3) is 0 Å². The van der Waals surface area contributed by atoms with Crippen LogP contribution in [0.4, 0.5) is 4.39 Å². The van der Waals surface area contributed by atoms with Gasteiger partial charge in [-0.15, -0.1) is 0 Å². The average molecular weight is 388 g/mol. The number of carbonyl (C=O) groups excluding carboxylic acids is 2. The zero-order valence-corrected chi connectivity index (χ0v) is 16.4. The van der Waals surface area contributed by atoms with Crippen molar-refractivity contribution in [2.75, 3.05) is 32.7 Å². The standard InChI is InChI=1S/C21H29FN4O2/c1-15(27)25-14-19(12-20(25)21(28)24-10-8-23-9-11-24)26(18-6-7-18)13-16-2-4-17(22)5-3-16/h2-5,18-20,23H,6-14H2,1H3. The molecule has 0 radical (unpaired) electrons. The smallest absolute Gasteiger partial charge is 0.245 e. The lowest BCUT2D eigenvalue weighted by molar-refractivity contribution is -0.143. The molecule has 3 fully saturated rings. The monoisotopic (exact) mass is 388 g/mol. The third-order valence-electron chi connectivity index (χ3n) is 6.16. The van der Waals surface area contributed by atoms with Gasteiger partial charge in [0.1, 0.15) is 11.9 Å². The number of amides is 2. The highest BCUT2D eigenvalue weighted by Crippen LogP contribution is 2.35. The highest BCUT2D eigenvalue weighted by atomic mass is 19.1. The zero-order valence-electron chi connectivity index (χ0n) is 16.4. The van der Waals surface area contributed by atoms with Crippen LogP contribution < -0.4 is 5.32 Å². The predicted octanol–water partition coefficient (Wildman–Crippen LogP) is 1.21. The number of likely N-dealkylation sites (tertiary alicyclic amines) is 1. The number of hydrogen-bond acceptors (Lipinski definition) is 4. The van der Waals surface area contributed by atoms with Crippen molar-refractivity contribution in [2.24, 2.45) is 0 Å². The molecule has 2 atom stereocenters. The van der Waals surface area contributed by atoms with Crippen molar-refractivity contribution in [1.29, 1.82) is 0 Å². The Labute approximate surface area is 165 Å². The molecule has 28 heavy (non-hydrogen) atoms. The molecule has 2 heterocycles. The summed E-state index contributed by atoms with van der Waals surface area (Å²) in [6.45, 7) is 5.90. The fourth-order valence-electron chi connectivity index (χ4n) is 4.50. The van der Waals surface area contributed by atoms with Crippen LogP contribution in [0.1, 0.15) is 31.7 Å². The van der Waals surface area contributed by atoms with Crippen molar-refractivity contribution in [3.63, 3.8) is 0 Å². The van der Waals surface area contributed by atoms with Crippen molar-refractivity contribution < 1.29 is 14.0 Å². The van der Waals surface area contributed by atoms with Crippen LogP contribution in [0.2, 0.25) is 0 Å². The van der Waals surface area contributed by atoms with E-state index in [9.17, 15) is 14.0 Å². The minimum absolute atomic E-state index is 0.0338. The lowest BCUT2D eigenvalue weighted by Crippen LogP contribution is -2.53. The molecular formula is C21H29FN4O2. The van der Waals surface area contributed by atoms with E-state index in [0.717, 1.165) is 38.0 Å². The van der Waals surface area contributed by atoms with Crippen LogP contribution in [0.3, 0.4) is 0 Å². The number of halogens is 1.